The fourth-order valence-corrected chi connectivity index (χ4v) is 2.42. The van der Waals surface area contributed by atoms with Gasteiger partial charge >= 0.3 is 0 Å². The molecule has 0 atom stereocenters. The van der Waals surface area contributed by atoms with Crippen molar-refractivity contribution >= 4 is 11.6 Å². The number of nitrogens with zero attached hydrogens (tertiary/aromatic N) is 1. The third kappa shape index (κ3) is 4.66. The van der Waals surface area contributed by atoms with Crippen LogP contribution in [0.4, 0.5) is 0 Å². The minimum absolute atomic E-state index is 0.570. The first-order valence-corrected chi connectivity index (χ1v) is 7.65. The Morgan fingerprint density at radius 3 is 2.95 bits per heavy atom. The van der Waals surface area contributed by atoms with Crippen LogP contribution in [0.3, 0.4) is 0 Å². The lowest BCUT2D eigenvalue weighted by molar-refractivity contribution is 0.217. The van der Waals surface area contributed by atoms with E-state index in [9.17, 15) is 0 Å². The monoisotopic (exact) mass is 282 g/mol. The molecule has 1 N–H and O–H groups in total. The topological polar surface area (TPSA) is 34.2 Å². The summed E-state index contributed by atoms with van der Waals surface area (Å²) < 4.78 is 5.66. The van der Waals surface area contributed by atoms with Crippen LogP contribution in [-0.4, -0.2) is 18.1 Å². The zero-order valence-electron chi connectivity index (χ0n) is 11.6. The third-order valence-corrected chi connectivity index (χ3v) is 3.88. The van der Waals surface area contributed by atoms with Gasteiger partial charge in [0.1, 0.15) is 5.02 Å². The lowest BCUT2D eigenvalue weighted by Gasteiger charge is -2.24. The minimum atomic E-state index is 0.570. The highest BCUT2D eigenvalue weighted by Crippen LogP contribution is 2.30. The van der Waals surface area contributed by atoms with Gasteiger partial charge in [-0.25, -0.2) is 4.98 Å². The van der Waals surface area contributed by atoms with Crippen molar-refractivity contribution < 1.29 is 4.74 Å². The quantitative estimate of drug-likeness (QED) is 0.737. The number of ether oxygens (including phenoxy) is 1. The van der Waals surface area contributed by atoms with E-state index in [1.54, 1.807) is 0 Å². The smallest absolute Gasteiger partial charge is 0.232 e. The van der Waals surface area contributed by atoms with E-state index in [0.717, 1.165) is 44.0 Å². The Balaban J connectivity index is 1.76. The molecular weight excluding hydrogens is 260 g/mol. The first-order valence-electron chi connectivity index (χ1n) is 7.27. The van der Waals surface area contributed by atoms with Crippen LogP contribution in [0.5, 0.6) is 5.88 Å². The molecule has 0 aromatic carbocycles. The van der Waals surface area contributed by atoms with Crippen LogP contribution in [0.15, 0.2) is 12.3 Å². The molecule has 1 fully saturated rings. The van der Waals surface area contributed by atoms with Gasteiger partial charge in [-0.15, -0.1) is 0 Å². The molecule has 1 heterocycles. The molecule has 1 aliphatic carbocycles. The highest BCUT2D eigenvalue weighted by atomic mass is 35.5. The summed E-state index contributed by atoms with van der Waals surface area (Å²) in [7, 11) is 0. The van der Waals surface area contributed by atoms with Crippen molar-refractivity contribution in [1.29, 1.82) is 0 Å². The summed E-state index contributed by atoms with van der Waals surface area (Å²) in [6.45, 7) is 4.70. The second-order valence-electron chi connectivity index (χ2n) is 5.24. The molecule has 0 saturated heterocycles. The molecule has 19 heavy (non-hydrogen) atoms. The summed E-state index contributed by atoms with van der Waals surface area (Å²) in [6.07, 6.45) is 8.18. The highest BCUT2D eigenvalue weighted by molar-refractivity contribution is 6.31. The zero-order chi connectivity index (χ0) is 13.5. The maximum atomic E-state index is 6.19. The number of pyridine rings is 1. The molecule has 106 valence electrons. The van der Waals surface area contributed by atoms with Gasteiger partial charge < -0.3 is 10.1 Å². The van der Waals surface area contributed by atoms with E-state index >= 15 is 0 Å². The molecule has 2 rings (SSSR count). The van der Waals surface area contributed by atoms with Crippen LogP contribution >= 0.6 is 11.6 Å². The number of aromatic nitrogens is 1. The zero-order valence-corrected chi connectivity index (χ0v) is 12.4. The van der Waals surface area contributed by atoms with E-state index < -0.39 is 0 Å². The average molecular weight is 283 g/mol. The van der Waals surface area contributed by atoms with Crippen LogP contribution in [0.25, 0.3) is 0 Å². The van der Waals surface area contributed by atoms with E-state index in [2.05, 4.69) is 17.2 Å². The summed E-state index contributed by atoms with van der Waals surface area (Å²) in [5.41, 5.74) is 1.10. The average Bonchev–Trinajstić information content (AvgIpc) is 2.35. The SMILES string of the molecule is CCCNCc1cnc(OCCC2CCC2)c(Cl)c1. The van der Waals surface area contributed by atoms with Crippen molar-refractivity contribution in [3.8, 4) is 5.88 Å². The van der Waals surface area contributed by atoms with Crippen molar-refractivity contribution in [3.05, 3.63) is 22.8 Å². The van der Waals surface area contributed by atoms with Crippen molar-refractivity contribution in [2.75, 3.05) is 13.2 Å². The molecular formula is C15H23ClN2O. The Hall–Kier alpha value is -0.800. The van der Waals surface area contributed by atoms with Gasteiger partial charge in [0.2, 0.25) is 5.88 Å². The van der Waals surface area contributed by atoms with E-state index in [1.807, 2.05) is 12.3 Å². The molecule has 1 aromatic rings. The Labute approximate surface area is 120 Å². The normalized spacial score (nSPS) is 15.3. The van der Waals surface area contributed by atoms with Crippen molar-refractivity contribution in [2.45, 2.75) is 45.6 Å². The Morgan fingerprint density at radius 2 is 2.32 bits per heavy atom. The maximum absolute atomic E-state index is 6.19. The number of hydrogen-bond donors (Lipinski definition) is 1. The van der Waals surface area contributed by atoms with Gasteiger partial charge in [-0.1, -0.05) is 37.8 Å². The molecule has 0 radical (unpaired) electrons. The van der Waals surface area contributed by atoms with E-state index in [1.165, 1.54) is 19.3 Å². The number of rotatable bonds is 8. The second-order valence-corrected chi connectivity index (χ2v) is 5.65. The standard InChI is InChI=1S/C15H23ClN2O/c1-2-7-17-10-13-9-14(16)15(18-11-13)19-8-6-12-4-3-5-12/h9,11-12,17H,2-8,10H2,1H3. The van der Waals surface area contributed by atoms with Crippen LogP contribution in [0, 0.1) is 5.92 Å². The Kier molecular flexibility index (Phi) is 5.93. The summed E-state index contributed by atoms with van der Waals surface area (Å²) in [4.78, 5) is 4.30. The number of halogens is 1. The fourth-order valence-electron chi connectivity index (χ4n) is 2.18. The number of hydrogen-bond acceptors (Lipinski definition) is 3. The van der Waals surface area contributed by atoms with Crippen molar-refractivity contribution in [1.82, 2.24) is 10.3 Å². The largest absolute Gasteiger partial charge is 0.477 e. The first-order chi connectivity index (χ1) is 9.29. The van der Waals surface area contributed by atoms with Gasteiger partial charge in [0.15, 0.2) is 0 Å². The lowest BCUT2D eigenvalue weighted by Crippen LogP contribution is -2.15. The molecule has 0 aliphatic heterocycles. The van der Waals surface area contributed by atoms with Gasteiger partial charge in [-0.2, -0.15) is 0 Å². The molecule has 0 amide bonds. The van der Waals surface area contributed by atoms with Gasteiger partial charge in [-0.3, -0.25) is 0 Å². The van der Waals surface area contributed by atoms with Crippen LogP contribution in [-0.2, 0) is 6.54 Å². The first kappa shape index (κ1) is 14.6. The lowest BCUT2D eigenvalue weighted by atomic mass is 9.83. The Morgan fingerprint density at radius 1 is 1.47 bits per heavy atom. The summed E-state index contributed by atoms with van der Waals surface area (Å²) >= 11 is 6.19. The highest BCUT2D eigenvalue weighted by Gasteiger charge is 2.17. The molecule has 1 saturated carbocycles. The molecule has 3 nitrogen and oxygen atoms in total. The maximum Gasteiger partial charge on any atom is 0.232 e. The Bertz CT molecular complexity index is 394. The molecule has 4 heteroatoms. The van der Waals surface area contributed by atoms with Gasteiger partial charge in [0.05, 0.1) is 6.61 Å². The third-order valence-electron chi connectivity index (χ3n) is 3.61. The number of nitrogens with one attached hydrogen (secondary N) is 1. The van der Waals surface area contributed by atoms with E-state index in [-0.39, 0.29) is 0 Å². The molecule has 0 spiro atoms. The molecule has 1 aliphatic rings. The van der Waals surface area contributed by atoms with Crippen LogP contribution < -0.4 is 10.1 Å². The van der Waals surface area contributed by atoms with Crippen LogP contribution in [0.1, 0.15) is 44.6 Å². The molecule has 0 bridgehead atoms. The molecule has 0 unspecified atom stereocenters. The predicted octanol–water partition coefficient (Wildman–Crippen LogP) is 3.80. The van der Waals surface area contributed by atoms with Crippen molar-refractivity contribution in [2.24, 2.45) is 5.92 Å². The molecule has 1 aromatic heterocycles. The second kappa shape index (κ2) is 7.71. The van der Waals surface area contributed by atoms with Crippen molar-refractivity contribution in [3.63, 3.8) is 0 Å². The van der Waals surface area contributed by atoms with E-state index in [0.29, 0.717) is 10.9 Å². The van der Waals surface area contributed by atoms with Crippen LogP contribution in [0.2, 0.25) is 5.02 Å². The summed E-state index contributed by atoms with van der Waals surface area (Å²) in [6, 6.07) is 1.94. The minimum Gasteiger partial charge on any atom is -0.477 e. The van der Waals surface area contributed by atoms with Gasteiger partial charge in [0, 0.05) is 12.7 Å². The summed E-state index contributed by atoms with van der Waals surface area (Å²) in [5.74, 6) is 1.43. The van der Waals surface area contributed by atoms with Gasteiger partial charge in [-0.05, 0) is 36.9 Å². The van der Waals surface area contributed by atoms with Gasteiger partial charge in [0.25, 0.3) is 0 Å². The summed E-state index contributed by atoms with van der Waals surface area (Å²) in [5, 5.41) is 3.95. The predicted molar refractivity (Wildman–Crippen MR) is 78.7 cm³/mol. The fraction of sp³-hybridized carbons (Fsp3) is 0.667. The van der Waals surface area contributed by atoms with E-state index in [4.69, 9.17) is 16.3 Å².